The molecule has 1 amide bonds. The van der Waals surface area contributed by atoms with Gasteiger partial charge in [0.15, 0.2) is 0 Å². The molecule has 2 aromatic carbocycles. The molecule has 0 radical (unpaired) electrons. The van der Waals surface area contributed by atoms with Gasteiger partial charge in [-0.05, 0) is 44.8 Å². The highest BCUT2D eigenvalue weighted by Crippen LogP contribution is 2.23. The Morgan fingerprint density at radius 1 is 1.20 bits per heavy atom. The second-order valence-electron chi connectivity index (χ2n) is 6.42. The first kappa shape index (κ1) is 17.2. The van der Waals surface area contributed by atoms with E-state index in [0.717, 1.165) is 16.8 Å². The number of aryl methyl sites for hydroxylation is 1. The van der Waals surface area contributed by atoms with Crippen LogP contribution in [0.5, 0.6) is 0 Å². The molecule has 0 aliphatic heterocycles. The summed E-state index contributed by atoms with van der Waals surface area (Å²) in [6, 6.07) is 14.5. The van der Waals surface area contributed by atoms with Crippen molar-refractivity contribution >= 4 is 16.8 Å². The summed E-state index contributed by atoms with van der Waals surface area (Å²) < 4.78 is 13.6. The summed E-state index contributed by atoms with van der Waals surface area (Å²) in [7, 11) is 3.96. The number of likely N-dealkylation sites (N-methyl/N-ethyl adjacent to an activating group) is 1. The van der Waals surface area contributed by atoms with Crippen molar-refractivity contribution in [3.8, 4) is 0 Å². The molecule has 1 aromatic heterocycles. The van der Waals surface area contributed by atoms with Gasteiger partial charge in [-0.1, -0.05) is 30.3 Å². The number of nitrogens with one attached hydrogen (secondary N) is 2. The molecule has 0 aliphatic rings. The van der Waals surface area contributed by atoms with Crippen LogP contribution < -0.4 is 5.32 Å². The third-order valence-corrected chi connectivity index (χ3v) is 4.44. The van der Waals surface area contributed by atoms with Crippen LogP contribution in [-0.4, -0.2) is 36.4 Å². The molecule has 3 rings (SSSR count). The highest BCUT2D eigenvalue weighted by Gasteiger charge is 2.19. The molecule has 1 heterocycles. The number of hydrogen-bond donors (Lipinski definition) is 2. The zero-order valence-corrected chi connectivity index (χ0v) is 14.6. The second-order valence-corrected chi connectivity index (χ2v) is 6.42. The van der Waals surface area contributed by atoms with Crippen LogP contribution in [0.3, 0.4) is 0 Å². The SMILES string of the molecule is Cc1[nH]c2ccc(F)cc2c1C(=O)NCC(c1ccccc1)N(C)C. The maximum atomic E-state index is 13.6. The normalized spacial score (nSPS) is 12.5. The van der Waals surface area contributed by atoms with Gasteiger partial charge in [-0.15, -0.1) is 0 Å². The van der Waals surface area contributed by atoms with E-state index in [1.807, 2.05) is 51.4 Å². The zero-order valence-electron chi connectivity index (χ0n) is 14.6. The minimum absolute atomic E-state index is 0.0624. The zero-order chi connectivity index (χ0) is 18.0. The van der Waals surface area contributed by atoms with Gasteiger partial charge in [-0.2, -0.15) is 0 Å². The van der Waals surface area contributed by atoms with Gasteiger partial charge in [-0.3, -0.25) is 4.79 Å². The summed E-state index contributed by atoms with van der Waals surface area (Å²) in [5.41, 5.74) is 3.13. The number of fused-ring (bicyclic) bond motifs is 1. The van der Waals surface area contributed by atoms with Crippen LogP contribution in [0, 0.1) is 12.7 Å². The van der Waals surface area contributed by atoms with E-state index >= 15 is 0 Å². The smallest absolute Gasteiger partial charge is 0.253 e. The Labute approximate surface area is 146 Å². The lowest BCUT2D eigenvalue weighted by molar-refractivity contribution is 0.0943. The summed E-state index contributed by atoms with van der Waals surface area (Å²) in [6.07, 6.45) is 0. The van der Waals surface area contributed by atoms with Gasteiger partial charge >= 0.3 is 0 Å². The number of carbonyl (C=O) groups excluding carboxylic acids is 1. The van der Waals surface area contributed by atoms with Gasteiger partial charge in [-0.25, -0.2) is 4.39 Å². The van der Waals surface area contributed by atoms with Crippen LogP contribution in [0.15, 0.2) is 48.5 Å². The number of amides is 1. The Bertz CT molecular complexity index is 887. The molecule has 0 fully saturated rings. The Balaban J connectivity index is 1.83. The number of aromatic nitrogens is 1. The Hall–Kier alpha value is -2.66. The van der Waals surface area contributed by atoms with Crippen molar-refractivity contribution in [1.82, 2.24) is 15.2 Å². The first-order valence-electron chi connectivity index (χ1n) is 8.24. The summed E-state index contributed by atoms with van der Waals surface area (Å²) in [4.78, 5) is 17.9. The van der Waals surface area contributed by atoms with Crippen molar-refractivity contribution in [2.45, 2.75) is 13.0 Å². The van der Waals surface area contributed by atoms with E-state index in [9.17, 15) is 9.18 Å². The number of H-pyrrole nitrogens is 1. The number of benzene rings is 2. The lowest BCUT2D eigenvalue weighted by atomic mass is 10.1. The van der Waals surface area contributed by atoms with Gasteiger partial charge in [0.1, 0.15) is 5.82 Å². The summed E-state index contributed by atoms with van der Waals surface area (Å²) in [5.74, 6) is -0.548. The molecular weight excluding hydrogens is 317 g/mol. The van der Waals surface area contributed by atoms with Gasteiger partial charge in [0.2, 0.25) is 0 Å². The van der Waals surface area contributed by atoms with E-state index in [1.165, 1.54) is 12.1 Å². The number of carbonyl (C=O) groups is 1. The van der Waals surface area contributed by atoms with E-state index in [1.54, 1.807) is 6.07 Å². The van der Waals surface area contributed by atoms with Crippen LogP contribution in [0.1, 0.15) is 27.7 Å². The van der Waals surface area contributed by atoms with Crippen LogP contribution in [0.25, 0.3) is 10.9 Å². The van der Waals surface area contributed by atoms with Crippen LogP contribution in [-0.2, 0) is 0 Å². The highest BCUT2D eigenvalue weighted by molar-refractivity contribution is 6.08. The molecule has 0 saturated carbocycles. The van der Waals surface area contributed by atoms with Gasteiger partial charge in [0.25, 0.3) is 5.91 Å². The lowest BCUT2D eigenvalue weighted by Gasteiger charge is -2.25. The minimum Gasteiger partial charge on any atom is -0.358 e. The predicted molar refractivity (Wildman–Crippen MR) is 98.2 cm³/mol. The molecule has 1 atom stereocenters. The average Bonchev–Trinajstić information content (AvgIpc) is 2.90. The fourth-order valence-corrected chi connectivity index (χ4v) is 3.14. The minimum atomic E-state index is -0.351. The molecule has 5 heteroatoms. The monoisotopic (exact) mass is 339 g/mol. The van der Waals surface area contributed by atoms with E-state index in [4.69, 9.17) is 0 Å². The molecule has 25 heavy (non-hydrogen) atoms. The highest BCUT2D eigenvalue weighted by atomic mass is 19.1. The van der Waals surface area contributed by atoms with Gasteiger partial charge in [0.05, 0.1) is 11.6 Å². The number of halogens is 1. The summed E-state index contributed by atoms with van der Waals surface area (Å²) in [5, 5.41) is 3.60. The molecule has 2 N–H and O–H groups in total. The first-order valence-corrected chi connectivity index (χ1v) is 8.24. The number of aromatic amines is 1. The van der Waals surface area contributed by atoms with Gasteiger partial charge in [0, 0.05) is 23.1 Å². The van der Waals surface area contributed by atoms with Crippen molar-refractivity contribution in [3.05, 3.63) is 71.2 Å². The summed E-state index contributed by atoms with van der Waals surface area (Å²) in [6.45, 7) is 2.30. The largest absolute Gasteiger partial charge is 0.358 e. The molecule has 4 nitrogen and oxygen atoms in total. The number of rotatable bonds is 5. The number of nitrogens with zero attached hydrogens (tertiary/aromatic N) is 1. The first-order chi connectivity index (χ1) is 12.0. The molecule has 0 aliphatic carbocycles. The molecule has 0 saturated heterocycles. The third kappa shape index (κ3) is 3.56. The standard InChI is InChI=1S/C20H22FN3O/c1-13-19(16-11-15(21)9-10-17(16)23-13)20(25)22-12-18(24(2)3)14-7-5-4-6-8-14/h4-11,18,23H,12H2,1-3H3,(H,22,25). The van der Waals surface area contributed by atoms with E-state index < -0.39 is 0 Å². The van der Waals surface area contributed by atoms with Crippen molar-refractivity contribution in [3.63, 3.8) is 0 Å². The van der Waals surface area contributed by atoms with Crippen molar-refractivity contribution in [1.29, 1.82) is 0 Å². The average molecular weight is 339 g/mol. The Morgan fingerprint density at radius 3 is 2.60 bits per heavy atom. The van der Waals surface area contributed by atoms with E-state index in [0.29, 0.717) is 17.5 Å². The van der Waals surface area contributed by atoms with Crippen molar-refractivity contribution in [2.75, 3.05) is 20.6 Å². The predicted octanol–water partition coefficient (Wildman–Crippen LogP) is 3.65. The molecule has 0 spiro atoms. The van der Waals surface area contributed by atoms with Crippen LogP contribution >= 0.6 is 0 Å². The lowest BCUT2D eigenvalue weighted by Crippen LogP contribution is -2.34. The Kier molecular flexibility index (Phi) is 4.86. The van der Waals surface area contributed by atoms with Crippen LogP contribution in [0.4, 0.5) is 4.39 Å². The number of hydrogen-bond acceptors (Lipinski definition) is 2. The summed E-state index contributed by atoms with van der Waals surface area (Å²) >= 11 is 0. The topological polar surface area (TPSA) is 48.1 Å². The fraction of sp³-hybridized carbons (Fsp3) is 0.250. The molecule has 1 unspecified atom stereocenters. The van der Waals surface area contributed by atoms with Crippen molar-refractivity contribution in [2.24, 2.45) is 0 Å². The fourth-order valence-electron chi connectivity index (χ4n) is 3.14. The quantitative estimate of drug-likeness (QED) is 0.745. The van der Waals surface area contributed by atoms with E-state index in [2.05, 4.69) is 15.2 Å². The van der Waals surface area contributed by atoms with Crippen LogP contribution in [0.2, 0.25) is 0 Å². The van der Waals surface area contributed by atoms with Crippen molar-refractivity contribution < 1.29 is 9.18 Å². The molecule has 3 aromatic rings. The maximum absolute atomic E-state index is 13.6. The Morgan fingerprint density at radius 2 is 1.92 bits per heavy atom. The molecular formula is C20H22FN3O. The molecule has 130 valence electrons. The maximum Gasteiger partial charge on any atom is 0.253 e. The third-order valence-electron chi connectivity index (χ3n) is 4.44. The van der Waals surface area contributed by atoms with Gasteiger partial charge < -0.3 is 15.2 Å². The molecule has 0 bridgehead atoms. The van der Waals surface area contributed by atoms with E-state index in [-0.39, 0.29) is 17.8 Å². The second kappa shape index (κ2) is 7.07.